The molecule has 0 N–H and O–H groups in total. The quantitative estimate of drug-likeness (QED) is 0.477. The Bertz CT molecular complexity index is 1250. The van der Waals surface area contributed by atoms with Crippen LogP contribution in [-0.2, 0) is 0 Å². The number of aryl methyl sites for hydroxylation is 1. The van der Waals surface area contributed by atoms with E-state index in [1.807, 2.05) is 0 Å². The maximum Gasteiger partial charge on any atom is 0.264 e. The number of halogens is 3. The summed E-state index contributed by atoms with van der Waals surface area (Å²) in [6.07, 6.45) is -2.75. The highest BCUT2D eigenvalue weighted by molar-refractivity contribution is 5.86. The molecule has 0 atom stereocenters. The molecule has 0 spiro atoms. The van der Waals surface area contributed by atoms with Gasteiger partial charge in [0.15, 0.2) is 17.1 Å². The van der Waals surface area contributed by atoms with Crippen molar-refractivity contribution < 1.29 is 22.6 Å². The molecule has 29 heavy (non-hydrogen) atoms. The molecule has 0 unspecified atom stereocenters. The Hall–Kier alpha value is -3.55. The third-order valence-corrected chi connectivity index (χ3v) is 4.83. The number of fused-ring (bicyclic) bond motifs is 2. The first-order chi connectivity index (χ1) is 14.0. The first kappa shape index (κ1) is 17.5. The van der Waals surface area contributed by atoms with E-state index in [1.54, 1.807) is 37.3 Å². The lowest BCUT2D eigenvalue weighted by molar-refractivity contribution is 0.153. The largest absolute Gasteiger partial charge is 0.454 e. The molecule has 4 aromatic rings. The van der Waals surface area contributed by atoms with Crippen molar-refractivity contribution in [3.8, 4) is 28.4 Å². The molecule has 2 aromatic carbocycles. The highest BCUT2D eigenvalue weighted by Crippen LogP contribution is 2.38. The standard InChI is InChI=1S/C21H14F3N3O2/c1-11-19-13(20(23)24)9-15(12-6-7-17-18(8-12)29-10-28-17)25-21(19)27(26-11)16-5-3-2-4-14(16)22/h2-9,20H,10H2,1H3. The van der Waals surface area contributed by atoms with Crippen molar-refractivity contribution in [3.63, 3.8) is 0 Å². The van der Waals surface area contributed by atoms with Gasteiger partial charge in [-0.05, 0) is 43.3 Å². The summed E-state index contributed by atoms with van der Waals surface area (Å²) in [4.78, 5) is 4.56. The first-order valence-electron chi connectivity index (χ1n) is 8.86. The van der Waals surface area contributed by atoms with Crippen molar-refractivity contribution in [2.75, 3.05) is 6.79 Å². The number of para-hydroxylation sites is 1. The van der Waals surface area contributed by atoms with Gasteiger partial charge >= 0.3 is 0 Å². The number of hydrogen-bond donors (Lipinski definition) is 0. The summed E-state index contributed by atoms with van der Waals surface area (Å²) in [6.45, 7) is 1.71. The highest BCUT2D eigenvalue weighted by Gasteiger charge is 2.23. The van der Waals surface area contributed by atoms with Gasteiger partial charge in [-0.25, -0.2) is 22.8 Å². The molecule has 0 saturated heterocycles. The van der Waals surface area contributed by atoms with Gasteiger partial charge in [-0.15, -0.1) is 0 Å². The Kier molecular flexibility index (Phi) is 3.94. The Balaban J connectivity index is 1.79. The Morgan fingerprint density at radius 2 is 1.83 bits per heavy atom. The van der Waals surface area contributed by atoms with E-state index in [2.05, 4.69) is 10.1 Å². The molecule has 1 aliphatic rings. The summed E-state index contributed by atoms with van der Waals surface area (Å²) in [5.41, 5.74) is 1.34. The minimum atomic E-state index is -2.75. The molecule has 146 valence electrons. The van der Waals surface area contributed by atoms with Gasteiger partial charge in [0, 0.05) is 11.1 Å². The topological polar surface area (TPSA) is 49.2 Å². The second-order valence-electron chi connectivity index (χ2n) is 6.61. The summed E-state index contributed by atoms with van der Waals surface area (Å²) < 4.78 is 54.1. The summed E-state index contributed by atoms with van der Waals surface area (Å²) in [5, 5.41) is 4.51. The third-order valence-electron chi connectivity index (χ3n) is 4.83. The van der Waals surface area contributed by atoms with E-state index in [0.29, 0.717) is 28.5 Å². The van der Waals surface area contributed by atoms with Crippen molar-refractivity contribution in [2.45, 2.75) is 13.3 Å². The number of alkyl halides is 2. The van der Waals surface area contributed by atoms with E-state index >= 15 is 0 Å². The lowest BCUT2D eigenvalue weighted by Gasteiger charge is -2.10. The van der Waals surface area contributed by atoms with Gasteiger partial charge in [-0.3, -0.25) is 0 Å². The van der Waals surface area contributed by atoms with Crippen molar-refractivity contribution in [2.24, 2.45) is 0 Å². The molecule has 0 fully saturated rings. The third kappa shape index (κ3) is 2.79. The van der Waals surface area contributed by atoms with Crippen LogP contribution in [0.4, 0.5) is 13.2 Å². The molecule has 0 bridgehead atoms. The van der Waals surface area contributed by atoms with Crippen LogP contribution >= 0.6 is 0 Å². The van der Waals surface area contributed by atoms with Gasteiger partial charge in [-0.2, -0.15) is 5.10 Å². The number of hydrogen-bond acceptors (Lipinski definition) is 4. The maximum atomic E-state index is 14.4. The summed E-state index contributed by atoms with van der Waals surface area (Å²) >= 11 is 0. The molecule has 0 radical (unpaired) electrons. The number of rotatable bonds is 3. The van der Waals surface area contributed by atoms with E-state index in [-0.39, 0.29) is 29.1 Å². The monoisotopic (exact) mass is 397 g/mol. The Morgan fingerprint density at radius 3 is 2.62 bits per heavy atom. The van der Waals surface area contributed by atoms with E-state index in [4.69, 9.17) is 9.47 Å². The van der Waals surface area contributed by atoms with Gasteiger partial charge in [0.05, 0.1) is 16.8 Å². The lowest BCUT2D eigenvalue weighted by atomic mass is 10.1. The smallest absolute Gasteiger partial charge is 0.264 e. The van der Waals surface area contributed by atoms with Crippen molar-refractivity contribution in [1.82, 2.24) is 14.8 Å². The van der Waals surface area contributed by atoms with Gasteiger partial charge in [0.1, 0.15) is 11.5 Å². The van der Waals surface area contributed by atoms with Crippen molar-refractivity contribution in [1.29, 1.82) is 0 Å². The van der Waals surface area contributed by atoms with Gasteiger partial charge in [-0.1, -0.05) is 12.1 Å². The predicted octanol–water partition coefficient (Wildman–Crippen LogP) is 5.20. The zero-order valence-corrected chi connectivity index (χ0v) is 15.2. The molecule has 5 rings (SSSR count). The molecule has 1 aliphatic heterocycles. The second kappa shape index (κ2) is 6.51. The SMILES string of the molecule is Cc1nn(-c2ccccc2F)c2nc(-c3ccc4c(c3)OCO4)cc(C(F)F)c12. The van der Waals surface area contributed by atoms with Crippen LogP contribution in [0.2, 0.25) is 0 Å². The predicted molar refractivity (Wildman–Crippen MR) is 100 cm³/mol. The van der Waals surface area contributed by atoms with Crippen LogP contribution in [0.5, 0.6) is 11.5 Å². The fourth-order valence-corrected chi connectivity index (χ4v) is 3.49. The maximum absolute atomic E-state index is 14.4. The molecule has 2 aromatic heterocycles. The van der Waals surface area contributed by atoms with E-state index in [9.17, 15) is 13.2 Å². The van der Waals surface area contributed by atoms with Crippen LogP contribution in [0.25, 0.3) is 28.0 Å². The zero-order chi connectivity index (χ0) is 20.1. The minimum Gasteiger partial charge on any atom is -0.454 e. The Labute approximate surface area is 163 Å². The molecule has 0 saturated carbocycles. The number of ether oxygens (including phenoxy) is 2. The molecule has 5 nitrogen and oxygen atoms in total. The molecule has 0 amide bonds. The first-order valence-corrected chi connectivity index (χ1v) is 8.86. The Morgan fingerprint density at radius 1 is 1.03 bits per heavy atom. The van der Waals surface area contributed by atoms with Gasteiger partial charge < -0.3 is 9.47 Å². The fraction of sp³-hybridized carbons (Fsp3) is 0.143. The van der Waals surface area contributed by atoms with E-state index < -0.39 is 12.2 Å². The number of nitrogens with zero attached hydrogens (tertiary/aromatic N) is 3. The van der Waals surface area contributed by atoms with Crippen LogP contribution in [0.1, 0.15) is 17.7 Å². The van der Waals surface area contributed by atoms with Gasteiger partial charge in [0.2, 0.25) is 6.79 Å². The summed E-state index contributed by atoms with van der Waals surface area (Å²) in [6, 6.07) is 12.4. The van der Waals surface area contributed by atoms with Crippen LogP contribution in [0, 0.1) is 12.7 Å². The van der Waals surface area contributed by atoms with Crippen LogP contribution in [0.3, 0.4) is 0 Å². The molecular weight excluding hydrogens is 383 g/mol. The number of pyridine rings is 1. The number of benzene rings is 2. The van der Waals surface area contributed by atoms with E-state index in [1.165, 1.54) is 22.9 Å². The lowest BCUT2D eigenvalue weighted by Crippen LogP contribution is -2.02. The summed E-state index contributed by atoms with van der Waals surface area (Å²) in [5.74, 6) is 0.573. The normalized spacial score (nSPS) is 12.9. The van der Waals surface area contributed by atoms with E-state index in [0.717, 1.165) is 0 Å². The average Bonchev–Trinajstić information content (AvgIpc) is 3.31. The second-order valence-corrected chi connectivity index (χ2v) is 6.61. The molecule has 0 aliphatic carbocycles. The fourth-order valence-electron chi connectivity index (χ4n) is 3.49. The highest BCUT2D eigenvalue weighted by atomic mass is 19.3. The molecule has 3 heterocycles. The van der Waals surface area contributed by atoms with Crippen LogP contribution in [0.15, 0.2) is 48.5 Å². The van der Waals surface area contributed by atoms with Crippen molar-refractivity contribution >= 4 is 11.0 Å². The zero-order valence-electron chi connectivity index (χ0n) is 15.2. The van der Waals surface area contributed by atoms with Crippen LogP contribution < -0.4 is 9.47 Å². The average molecular weight is 397 g/mol. The minimum absolute atomic E-state index is 0.104. The number of aromatic nitrogens is 3. The summed E-state index contributed by atoms with van der Waals surface area (Å²) in [7, 11) is 0. The molecular formula is C21H14F3N3O2. The molecule has 8 heteroatoms. The van der Waals surface area contributed by atoms with Crippen LogP contribution in [-0.4, -0.2) is 21.6 Å². The van der Waals surface area contributed by atoms with Gasteiger partial charge in [0.25, 0.3) is 6.43 Å². The van der Waals surface area contributed by atoms with Crippen molar-refractivity contribution in [3.05, 3.63) is 65.6 Å².